The molecule has 11 heteroatoms. The molecular weight excluding hydrogens is 595 g/mol. The van der Waals surface area contributed by atoms with Crippen LogP contribution in [-0.2, 0) is 4.79 Å². The fourth-order valence-electron chi connectivity index (χ4n) is 6.64. The first-order valence-electron chi connectivity index (χ1n) is 15.0. The third kappa shape index (κ3) is 5.86. The number of phenols is 1. The van der Waals surface area contributed by atoms with Crippen LogP contribution in [0.15, 0.2) is 55.1 Å². The molecule has 0 spiro atoms. The Bertz CT molecular complexity index is 1850. The van der Waals surface area contributed by atoms with Crippen molar-refractivity contribution in [2.24, 2.45) is 11.8 Å². The molecule has 1 aromatic heterocycles. The number of nitrogens with zero attached hydrogens (tertiary/aromatic N) is 6. The second-order valence-corrected chi connectivity index (χ2v) is 12.4. The molecule has 232 valence electrons. The van der Waals surface area contributed by atoms with Crippen LogP contribution in [0.2, 0.25) is 5.02 Å². The summed E-state index contributed by atoms with van der Waals surface area (Å²) in [7, 11) is 2.07. The molecule has 3 aromatic carbocycles. The van der Waals surface area contributed by atoms with E-state index in [1.165, 1.54) is 12.1 Å². The van der Waals surface area contributed by atoms with Gasteiger partial charge in [-0.2, -0.15) is 15.2 Å². The lowest BCUT2D eigenvalue weighted by molar-refractivity contribution is -0.128. The Morgan fingerprint density at radius 2 is 2.00 bits per heavy atom. The van der Waals surface area contributed by atoms with Gasteiger partial charge in [-0.25, -0.2) is 4.39 Å². The molecule has 0 saturated carbocycles. The van der Waals surface area contributed by atoms with Crippen molar-refractivity contribution in [2.75, 3.05) is 51.3 Å². The number of aromatic nitrogens is 2. The van der Waals surface area contributed by atoms with Crippen LogP contribution in [0.3, 0.4) is 0 Å². The Morgan fingerprint density at radius 3 is 2.73 bits per heavy atom. The minimum Gasteiger partial charge on any atom is -0.508 e. The third-order valence-corrected chi connectivity index (χ3v) is 9.20. The van der Waals surface area contributed by atoms with Crippen molar-refractivity contribution < 1.29 is 19.0 Å². The molecule has 45 heavy (non-hydrogen) atoms. The van der Waals surface area contributed by atoms with Crippen molar-refractivity contribution >= 4 is 45.0 Å². The van der Waals surface area contributed by atoms with E-state index in [9.17, 15) is 15.2 Å². The molecule has 3 atom stereocenters. The van der Waals surface area contributed by atoms with Crippen LogP contribution in [0, 0.1) is 29.0 Å². The van der Waals surface area contributed by atoms with Crippen LogP contribution in [0.5, 0.6) is 11.8 Å². The number of phenolic OH excluding ortho intramolecular Hbond substituents is 1. The van der Waals surface area contributed by atoms with Gasteiger partial charge in [-0.3, -0.25) is 4.79 Å². The Kier molecular flexibility index (Phi) is 8.49. The first-order chi connectivity index (χ1) is 21.7. The van der Waals surface area contributed by atoms with Crippen LogP contribution in [-0.4, -0.2) is 83.2 Å². The monoisotopic (exact) mass is 628 g/mol. The molecule has 2 saturated heterocycles. The van der Waals surface area contributed by atoms with E-state index in [0.29, 0.717) is 48.9 Å². The highest BCUT2D eigenvalue weighted by Gasteiger charge is 2.33. The predicted molar refractivity (Wildman–Crippen MR) is 173 cm³/mol. The predicted octanol–water partition coefficient (Wildman–Crippen LogP) is 5.64. The first-order valence-corrected chi connectivity index (χ1v) is 15.3. The number of nitriles is 1. The summed E-state index contributed by atoms with van der Waals surface area (Å²) in [5.74, 6) is 0.156. The van der Waals surface area contributed by atoms with Gasteiger partial charge < -0.3 is 24.5 Å². The number of piperazine rings is 1. The van der Waals surface area contributed by atoms with Crippen molar-refractivity contribution in [2.45, 2.75) is 19.4 Å². The number of rotatable bonds is 7. The number of benzene rings is 3. The van der Waals surface area contributed by atoms with Gasteiger partial charge in [0.1, 0.15) is 17.1 Å². The number of amides is 1. The number of halogens is 2. The molecule has 6 rings (SSSR count). The standard InChI is InChI=1S/C34H34ClFN6O3/c1-4-29(44)42-12-11-41(18-23(42)9-10-37)33-27-15-28(35)30(26-14-24(43)13-21-7-5-6-8-25(21)26)31(36)32(27)38-34(39-33)45-19-22-17-40(3)16-20(22)2/h4-8,13-15,20,22-23,43H,1,9,11-12,16-19H2,2-3H3/t20?,22-,23-/m0/s1. The second-order valence-electron chi connectivity index (χ2n) is 12.0. The van der Waals surface area contributed by atoms with Crippen LogP contribution >= 0.6 is 11.6 Å². The van der Waals surface area contributed by atoms with Gasteiger partial charge in [0.2, 0.25) is 5.91 Å². The highest BCUT2D eigenvalue weighted by molar-refractivity contribution is 6.35. The fourth-order valence-corrected chi connectivity index (χ4v) is 6.94. The number of likely N-dealkylation sites (tertiary alicyclic amines) is 1. The third-order valence-electron chi connectivity index (χ3n) is 8.90. The Labute approximate surface area is 266 Å². The molecule has 2 aliphatic heterocycles. The zero-order valence-electron chi connectivity index (χ0n) is 25.2. The molecule has 4 aromatic rings. The minimum atomic E-state index is -0.662. The molecular formula is C34H34ClFN6O3. The summed E-state index contributed by atoms with van der Waals surface area (Å²) in [6.45, 7) is 8.98. The molecule has 0 aliphatic carbocycles. The van der Waals surface area contributed by atoms with Gasteiger partial charge in [-0.15, -0.1) is 0 Å². The van der Waals surface area contributed by atoms with Crippen molar-refractivity contribution in [3.8, 4) is 29.0 Å². The maximum atomic E-state index is 16.8. The summed E-state index contributed by atoms with van der Waals surface area (Å²) in [6, 6.07) is 13.9. The lowest BCUT2D eigenvalue weighted by Gasteiger charge is -2.41. The van der Waals surface area contributed by atoms with E-state index in [1.54, 1.807) is 17.0 Å². The van der Waals surface area contributed by atoms with Gasteiger partial charge >= 0.3 is 6.01 Å². The largest absolute Gasteiger partial charge is 0.508 e. The number of carbonyl (C=O) groups is 1. The Hall–Kier alpha value is -4.46. The normalized spacial score (nSPS) is 20.5. The van der Waals surface area contributed by atoms with Gasteiger partial charge in [-0.05, 0) is 53.6 Å². The van der Waals surface area contributed by atoms with E-state index in [0.717, 1.165) is 23.9 Å². The number of aromatic hydroxyl groups is 1. The van der Waals surface area contributed by atoms with Crippen LogP contribution in [0.4, 0.5) is 10.2 Å². The van der Waals surface area contributed by atoms with E-state index in [2.05, 4.69) is 36.5 Å². The van der Waals surface area contributed by atoms with E-state index >= 15 is 4.39 Å². The van der Waals surface area contributed by atoms with E-state index in [4.69, 9.17) is 21.3 Å². The maximum Gasteiger partial charge on any atom is 0.319 e. The summed E-state index contributed by atoms with van der Waals surface area (Å²) in [5.41, 5.74) is 0.576. The fraction of sp³-hybridized carbons (Fsp3) is 0.353. The minimum absolute atomic E-state index is 0.0159. The zero-order chi connectivity index (χ0) is 31.8. The first kappa shape index (κ1) is 30.6. The lowest BCUT2D eigenvalue weighted by Crippen LogP contribution is -2.55. The van der Waals surface area contributed by atoms with Gasteiger partial charge in [0.05, 0.1) is 30.2 Å². The zero-order valence-corrected chi connectivity index (χ0v) is 26.0. The van der Waals surface area contributed by atoms with Crippen molar-refractivity contribution in [3.05, 3.63) is 66.0 Å². The SMILES string of the molecule is C=CC(=O)N1CCN(c2nc(OC[C@@H]3CN(C)CC3C)nc3c(F)c(-c4cc(O)cc5ccccc45)c(Cl)cc23)C[C@@H]1CC#N. The van der Waals surface area contributed by atoms with E-state index < -0.39 is 11.9 Å². The number of hydrogen-bond acceptors (Lipinski definition) is 8. The van der Waals surface area contributed by atoms with Crippen LogP contribution in [0.25, 0.3) is 32.8 Å². The van der Waals surface area contributed by atoms with E-state index in [-0.39, 0.29) is 46.1 Å². The van der Waals surface area contributed by atoms with Gasteiger partial charge in [0, 0.05) is 49.6 Å². The molecule has 9 nitrogen and oxygen atoms in total. The number of carbonyl (C=O) groups excluding carboxylic acids is 1. The second kappa shape index (κ2) is 12.5. The average molecular weight is 629 g/mol. The number of fused-ring (bicyclic) bond motifs is 2. The molecule has 2 fully saturated rings. The highest BCUT2D eigenvalue weighted by atomic mass is 35.5. The molecule has 1 N–H and O–H groups in total. The van der Waals surface area contributed by atoms with E-state index in [1.807, 2.05) is 29.2 Å². The molecule has 2 aliphatic rings. The maximum absolute atomic E-state index is 16.8. The number of anilines is 1. The molecule has 1 unspecified atom stereocenters. The molecule has 1 amide bonds. The number of hydrogen-bond donors (Lipinski definition) is 1. The Morgan fingerprint density at radius 1 is 1.20 bits per heavy atom. The van der Waals surface area contributed by atoms with Crippen molar-refractivity contribution in [3.63, 3.8) is 0 Å². The summed E-state index contributed by atoms with van der Waals surface area (Å²) in [5, 5.41) is 22.0. The molecule has 0 bridgehead atoms. The van der Waals surface area contributed by atoms with Crippen molar-refractivity contribution in [1.29, 1.82) is 5.26 Å². The number of ether oxygens (including phenoxy) is 1. The van der Waals surface area contributed by atoms with Gasteiger partial charge in [0.15, 0.2) is 5.82 Å². The Balaban J connectivity index is 1.49. The summed E-state index contributed by atoms with van der Waals surface area (Å²) in [4.78, 5) is 27.7. The molecule has 0 radical (unpaired) electrons. The smallest absolute Gasteiger partial charge is 0.319 e. The van der Waals surface area contributed by atoms with Crippen LogP contribution < -0.4 is 9.64 Å². The van der Waals surface area contributed by atoms with Gasteiger partial charge in [0.25, 0.3) is 0 Å². The summed E-state index contributed by atoms with van der Waals surface area (Å²) in [6.07, 6.45) is 1.36. The molecule has 3 heterocycles. The average Bonchev–Trinajstić information content (AvgIpc) is 3.35. The highest BCUT2D eigenvalue weighted by Crippen LogP contribution is 2.42. The summed E-state index contributed by atoms with van der Waals surface area (Å²) >= 11 is 6.85. The van der Waals surface area contributed by atoms with Crippen LogP contribution in [0.1, 0.15) is 13.3 Å². The van der Waals surface area contributed by atoms with Crippen molar-refractivity contribution in [1.82, 2.24) is 19.8 Å². The summed E-state index contributed by atoms with van der Waals surface area (Å²) < 4.78 is 23.0. The quantitative estimate of drug-likeness (QED) is 0.262. The lowest BCUT2D eigenvalue weighted by atomic mass is 9.96. The van der Waals surface area contributed by atoms with Gasteiger partial charge in [-0.1, -0.05) is 49.4 Å². The topological polar surface area (TPSA) is 106 Å².